The predicted molar refractivity (Wildman–Crippen MR) is 77.2 cm³/mol. The molecule has 0 aliphatic rings. The smallest absolute Gasteiger partial charge is 0.160 e. The van der Waals surface area contributed by atoms with Crippen LogP contribution in [0.3, 0.4) is 0 Å². The highest BCUT2D eigenvalue weighted by Gasteiger charge is 2.12. The summed E-state index contributed by atoms with van der Waals surface area (Å²) in [6.07, 6.45) is 0. The summed E-state index contributed by atoms with van der Waals surface area (Å²) in [5.74, 6) is 0.747. The number of methoxy groups -OCH3 is 1. The zero-order chi connectivity index (χ0) is 14.1. The fourth-order valence-electron chi connectivity index (χ4n) is 2.05. The van der Waals surface area contributed by atoms with Crippen molar-refractivity contribution in [2.75, 3.05) is 18.2 Å². The van der Waals surface area contributed by atoms with E-state index in [0.29, 0.717) is 16.7 Å². The summed E-state index contributed by atoms with van der Waals surface area (Å²) < 4.78 is 10.1. The summed E-state index contributed by atoms with van der Waals surface area (Å²) in [5.41, 5.74) is 10.2. The third-order valence-corrected chi connectivity index (χ3v) is 3.07. The van der Waals surface area contributed by atoms with Crippen LogP contribution in [0.1, 0.15) is 5.56 Å². The van der Waals surface area contributed by atoms with Crippen molar-refractivity contribution >= 4 is 28.1 Å². The predicted octanol–water partition coefficient (Wildman–Crippen LogP) is 2.87. The van der Waals surface area contributed by atoms with E-state index < -0.39 is 0 Å². The molecule has 0 aliphatic heterocycles. The lowest BCUT2D eigenvalue weighted by atomic mass is 10.2. The molecule has 1 aromatic heterocycles. The van der Waals surface area contributed by atoms with Crippen LogP contribution in [0, 0.1) is 6.92 Å². The van der Waals surface area contributed by atoms with Gasteiger partial charge in [0.25, 0.3) is 0 Å². The Bertz CT molecular complexity index is 767. The number of nitrogens with two attached hydrogens (primary N) is 1. The zero-order valence-corrected chi connectivity index (χ0v) is 11.2. The van der Waals surface area contributed by atoms with Crippen LogP contribution in [-0.2, 0) is 0 Å². The second kappa shape index (κ2) is 4.73. The lowest BCUT2D eigenvalue weighted by Crippen LogP contribution is -1.97. The Balaban J connectivity index is 2.08. The standard InChI is InChI=1S/C14H14N4O2/c1-8-3-6-12(19-2)11(7-8)16-10-5-4-9(15)13-14(10)18-20-17-13/h3-7,16H,15H2,1-2H3. The Morgan fingerprint density at radius 1 is 1.10 bits per heavy atom. The molecule has 1 heterocycles. The van der Waals surface area contributed by atoms with Crippen molar-refractivity contribution in [2.45, 2.75) is 6.92 Å². The van der Waals surface area contributed by atoms with Gasteiger partial charge >= 0.3 is 0 Å². The largest absolute Gasteiger partial charge is 0.495 e. The molecule has 3 aromatic rings. The maximum Gasteiger partial charge on any atom is 0.160 e. The van der Waals surface area contributed by atoms with Gasteiger partial charge in [0, 0.05) is 0 Å². The molecule has 6 nitrogen and oxygen atoms in total. The van der Waals surface area contributed by atoms with Crippen molar-refractivity contribution in [3.63, 3.8) is 0 Å². The van der Waals surface area contributed by atoms with Gasteiger partial charge in [0.05, 0.1) is 24.2 Å². The molecule has 0 atom stereocenters. The average molecular weight is 270 g/mol. The van der Waals surface area contributed by atoms with Crippen molar-refractivity contribution in [1.29, 1.82) is 0 Å². The van der Waals surface area contributed by atoms with Gasteiger partial charge in [-0.15, -0.1) is 0 Å². The maximum absolute atomic E-state index is 5.83. The number of benzene rings is 2. The second-order valence-corrected chi connectivity index (χ2v) is 4.49. The van der Waals surface area contributed by atoms with Crippen LogP contribution in [0.15, 0.2) is 35.0 Å². The van der Waals surface area contributed by atoms with Gasteiger partial charge in [-0.05, 0) is 47.1 Å². The first-order chi connectivity index (χ1) is 9.69. The molecule has 0 spiro atoms. The monoisotopic (exact) mass is 270 g/mol. The molecular formula is C14H14N4O2. The Labute approximate surface area is 115 Å². The molecular weight excluding hydrogens is 256 g/mol. The van der Waals surface area contributed by atoms with E-state index in [1.807, 2.05) is 31.2 Å². The number of fused-ring (bicyclic) bond motifs is 1. The number of aromatic nitrogens is 2. The number of hydrogen-bond acceptors (Lipinski definition) is 6. The normalized spacial score (nSPS) is 10.7. The van der Waals surface area contributed by atoms with Crippen LogP contribution in [0.2, 0.25) is 0 Å². The third-order valence-electron chi connectivity index (χ3n) is 3.07. The molecule has 0 bridgehead atoms. The van der Waals surface area contributed by atoms with E-state index in [1.54, 1.807) is 13.2 Å². The van der Waals surface area contributed by atoms with Gasteiger partial charge in [0.15, 0.2) is 11.0 Å². The molecule has 0 saturated carbocycles. The molecule has 3 rings (SSSR count). The van der Waals surface area contributed by atoms with Gasteiger partial charge in [-0.3, -0.25) is 0 Å². The number of hydrogen-bond donors (Lipinski definition) is 2. The number of nitrogen functional groups attached to an aromatic ring is 1. The molecule has 2 aromatic carbocycles. The first-order valence-electron chi connectivity index (χ1n) is 6.11. The maximum atomic E-state index is 5.83. The second-order valence-electron chi connectivity index (χ2n) is 4.49. The van der Waals surface area contributed by atoms with Crippen molar-refractivity contribution in [2.24, 2.45) is 0 Å². The average Bonchev–Trinajstić information content (AvgIpc) is 2.93. The number of aryl methyl sites for hydroxylation is 1. The summed E-state index contributed by atoms with van der Waals surface area (Å²) in [4.78, 5) is 0. The van der Waals surface area contributed by atoms with Gasteiger partial charge in [0.2, 0.25) is 0 Å². The number of anilines is 3. The topological polar surface area (TPSA) is 86.2 Å². The number of nitrogens with zero attached hydrogens (tertiary/aromatic N) is 2. The van der Waals surface area contributed by atoms with Crippen molar-refractivity contribution < 1.29 is 9.37 Å². The van der Waals surface area contributed by atoms with E-state index in [2.05, 4.69) is 15.6 Å². The minimum Gasteiger partial charge on any atom is -0.495 e. The van der Waals surface area contributed by atoms with Gasteiger partial charge in [-0.25, -0.2) is 4.63 Å². The SMILES string of the molecule is COc1ccc(C)cc1Nc1ccc(N)c2nonc12. The Hall–Kier alpha value is -2.76. The fraction of sp³-hybridized carbons (Fsp3) is 0.143. The number of ether oxygens (including phenoxy) is 1. The van der Waals surface area contributed by atoms with Crippen LogP contribution in [0.5, 0.6) is 5.75 Å². The van der Waals surface area contributed by atoms with Crippen molar-refractivity contribution in [3.05, 3.63) is 35.9 Å². The highest BCUT2D eigenvalue weighted by molar-refractivity contribution is 5.96. The van der Waals surface area contributed by atoms with Crippen LogP contribution < -0.4 is 15.8 Å². The van der Waals surface area contributed by atoms with E-state index in [-0.39, 0.29) is 0 Å². The number of rotatable bonds is 3. The fourth-order valence-corrected chi connectivity index (χ4v) is 2.05. The van der Waals surface area contributed by atoms with Gasteiger partial charge in [-0.2, -0.15) is 0 Å². The van der Waals surface area contributed by atoms with Crippen LogP contribution in [0.4, 0.5) is 17.1 Å². The van der Waals surface area contributed by atoms with E-state index in [4.69, 9.17) is 15.1 Å². The lowest BCUT2D eigenvalue weighted by molar-refractivity contribution is 0.316. The van der Waals surface area contributed by atoms with E-state index in [1.165, 1.54) is 0 Å². The molecule has 0 radical (unpaired) electrons. The molecule has 0 fully saturated rings. The first-order valence-corrected chi connectivity index (χ1v) is 6.11. The van der Waals surface area contributed by atoms with Crippen LogP contribution in [-0.4, -0.2) is 17.4 Å². The molecule has 0 unspecified atom stereocenters. The van der Waals surface area contributed by atoms with E-state index in [9.17, 15) is 0 Å². The molecule has 0 amide bonds. The third kappa shape index (κ3) is 2.01. The highest BCUT2D eigenvalue weighted by atomic mass is 16.6. The minimum absolute atomic E-state index is 0.531. The molecule has 20 heavy (non-hydrogen) atoms. The summed E-state index contributed by atoms with van der Waals surface area (Å²) in [5, 5.41) is 11.0. The summed E-state index contributed by atoms with van der Waals surface area (Å²) in [7, 11) is 1.63. The molecule has 102 valence electrons. The summed E-state index contributed by atoms with van der Waals surface area (Å²) in [6, 6.07) is 9.49. The quantitative estimate of drug-likeness (QED) is 0.712. The van der Waals surface area contributed by atoms with Crippen molar-refractivity contribution in [1.82, 2.24) is 10.3 Å². The molecule has 0 aliphatic carbocycles. The number of nitrogens with one attached hydrogen (secondary N) is 1. The van der Waals surface area contributed by atoms with Gasteiger partial charge in [0.1, 0.15) is 5.75 Å². The van der Waals surface area contributed by atoms with Gasteiger partial charge < -0.3 is 15.8 Å². The Morgan fingerprint density at radius 2 is 1.90 bits per heavy atom. The molecule has 3 N–H and O–H groups in total. The Kier molecular flexibility index (Phi) is 2.90. The summed E-state index contributed by atoms with van der Waals surface area (Å²) in [6.45, 7) is 2.01. The zero-order valence-electron chi connectivity index (χ0n) is 11.2. The Morgan fingerprint density at radius 3 is 2.70 bits per heavy atom. The van der Waals surface area contributed by atoms with E-state index in [0.717, 1.165) is 22.7 Å². The first kappa shape index (κ1) is 12.3. The summed E-state index contributed by atoms with van der Waals surface area (Å²) >= 11 is 0. The van der Waals surface area contributed by atoms with Crippen LogP contribution in [0.25, 0.3) is 11.0 Å². The minimum atomic E-state index is 0.531. The van der Waals surface area contributed by atoms with Crippen molar-refractivity contribution in [3.8, 4) is 5.75 Å². The molecule has 0 saturated heterocycles. The highest BCUT2D eigenvalue weighted by Crippen LogP contribution is 2.32. The van der Waals surface area contributed by atoms with Gasteiger partial charge in [-0.1, -0.05) is 6.07 Å². The van der Waals surface area contributed by atoms with E-state index >= 15 is 0 Å². The molecule has 6 heteroatoms. The lowest BCUT2D eigenvalue weighted by Gasteiger charge is -2.12. The van der Waals surface area contributed by atoms with Crippen LogP contribution >= 0.6 is 0 Å².